The Morgan fingerprint density at radius 1 is 1.33 bits per heavy atom. The number of hydrogen-bond donors (Lipinski definition) is 1. The van der Waals surface area contributed by atoms with Gasteiger partial charge in [0.15, 0.2) is 0 Å². The maximum absolute atomic E-state index is 12.5. The second-order valence-electron chi connectivity index (χ2n) is 5.61. The highest BCUT2D eigenvalue weighted by Crippen LogP contribution is 2.17. The zero-order valence-electron chi connectivity index (χ0n) is 13.2. The molecular formula is C19H18N4O. The highest BCUT2D eigenvalue weighted by Gasteiger charge is 2.23. The number of rotatable bonds is 3. The van der Waals surface area contributed by atoms with E-state index in [1.807, 2.05) is 41.4 Å². The van der Waals surface area contributed by atoms with Gasteiger partial charge in [-0.1, -0.05) is 24.3 Å². The van der Waals surface area contributed by atoms with E-state index in [1.54, 1.807) is 24.4 Å². The lowest BCUT2D eigenvalue weighted by molar-refractivity contribution is -0.127. The fourth-order valence-electron chi connectivity index (χ4n) is 2.77. The summed E-state index contributed by atoms with van der Waals surface area (Å²) in [4.78, 5) is 18.4. The first-order valence-electron chi connectivity index (χ1n) is 7.87. The summed E-state index contributed by atoms with van der Waals surface area (Å²) >= 11 is 0. The number of pyridine rings is 1. The molecule has 1 fully saturated rings. The van der Waals surface area contributed by atoms with Gasteiger partial charge in [-0.15, -0.1) is 0 Å². The fraction of sp³-hybridized carbons (Fsp3) is 0.211. The van der Waals surface area contributed by atoms with Crippen LogP contribution in [0.5, 0.6) is 0 Å². The molecule has 1 aliphatic rings. The summed E-state index contributed by atoms with van der Waals surface area (Å²) in [6.07, 6.45) is 6.82. The van der Waals surface area contributed by atoms with E-state index in [1.165, 1.54) is 0 Å². The van der Waals surface area contributed by atoms with E-state index >= 15 is 0 Å². The fourth-order valence-corrected chi connectivity index (χ4v) is 2.77. The van der Waals surface area contributed by atoms with Crippen molar-refractivity contribution >= 4 is 12.0 Å². The average Bonchev–Trinajstić information content (AvgIpc) is 2.67. The van der Waals surface area contributed by atoms with Crippen molar-refractivity contribution < 1.29 is 4.79 Å². The van der Waals surface area contributed by atoms with Crippen LogP contribution in [0, 0.1) is 11.3 Å². The molecule has 2 heterocycles. The first-order chi connectivity index (χ1) is 11.8. The normalized spacial score (nSPS) is 17.6. The Morgan fingerprint density at radius 3 is 3.00 bits per heavy atom. The lowest BCUT2D eigenvalue weighted by Crippen LogP contribution is -2.47. The predicted molar refractivity (Wildman–Crippen MR) is 91.8 cm³/mol. The van der Waals surface area contributed by atoms with E-state index in [9.17, 15) is 4.79 Å². The van der Waals surface area contributed by atoms with Gasteiger partial charge in [0, 0.05) is 38.1 Å². The molecule has 120 valence electrons. The molecule has 0 aliphatic carbocycles. The summed E-state index contributed by atoms with van der Waals surface area (Å²) in [6.45, 7) is 2.02. The van der Waals surface area contributed by atoms with Gasteiger partial charge in [-0.3, -0.25) is 9.78 Å². The van der Waals surface area contributed by atoms with E-state index in [4.69, 9.17) is 5.26 Å². The van der Waals surface area contributed by atoms with Crippen LogP contribution in [0.4, 0.5) is 0 Å². The van der Waals surface area contributed by atoms with Gasteiger partial charge in [-0.05, 0) is 29.3 Å². The molecule has 5 nitrogen and oxygen atoms in total. The Hall–Kier alpha value is -2.97. The van der Waals surface area contributed by atoms with E-state index < -0.39 is 0 Å². The van der Waals surface area contributed by atoms with Gasteiger partial charge in [0.25, 0.3) is 0 Å². The Bertz CT molecular complexity index is 779. The molecule has 2 aromatic rings. The van der Waals surface area contributed by atoms with Crippen LogP contribution in [0.25, 0.3) is 6.08 Å². The molecule has 1 amide bonds. The van der Waals surface area contributed by atoms with Crippen LogP contribution in [0.3, 0.4) is 0 Å². The summed E-state index contributed by atoms with van der Waals surface area (Å²) in [7, 11) is 0. The van der Waals surface area contributed by atoms with Crippen molar-refractivity contribution in [3.8, 4) is 6.07 Å². The lowest BCUT2D eigenvalue weighted by atomic mass is 10.1. The number of benzene rings is 1. The van der Waals surface area contributed by atoms with Crippen molar-refractivity contribution in [3.63, 3.8) is 0 Å². The molecular weight excluding hydrogens is 300 g/mol. The Morgan fingerprint density at radius 2 is 2.21 bits per heavy atom. The van der Waals surface area contributed by atoms with Gasteiger partial charge in [0.05, 0.1) is 17.7 Å². The van der Waals surface area contributed by atoms with Crippen LogP contribution in [0.1, 0.15) is 22.7 Å². The number of piperazine rings is 1. The number of nitrogens with one attached hydrogen (secondary N) is 1. The maximum atomic E-state index is 12.5. The van der Waals surface area contributed by atoms with Crippen molar-refractivity contribution in [1.29, 1.82) is 5.26 Å². The van der Waals surface area contributed by atoms with Crippen molar-refractivity contribution in [2.24, 2.45) is 0 Å². The van der Waals surface area contributed by atoms with Crippen LogP contribution < -0.4 is 5.32 Å². The number of nitrogens with zero attached hydrogens (tertiary/aromatic N) is 3. The van der Waals surface area contributed by atoms with E-state index in [0.717, 1.165) is 17.7 Å². The second-order valence-corrected chi connectivity index (χ2v) is 5.61. The number of nitriles is 1. The first kappa shape index (κ1) is 15.9. The Labute approximate surface area is 141 Å². The monoisotopic (exact) mass is 318 g/mol. The second kappa shape index (κ2) is 7.53. The molecule has 1 aromatic heterocycles. The van der Waals surface area contributed by atoms with Gasteiger partial charge in [-0.25, -0.2) is 0 Å². The largest absolute Gasteiger partial charge is 0.336 e. The number of carbonyl (C=O) groups excluding carboxylic acids is 1. The molecule has 1 aliphatic heterocycles. The third-order valence-corrected chi connectivity index (χ3v) is 4.06. The zero-order chi connectivity index (χ0) is 16.8. The van der Waals surface area contributed by atoms with Crippen LogP contribution in [0.15, 0.2) is 54.9 Å². The summed E-state index contributed by atoms with van der Waals surface area (Å²) in [6, 6.07) is 13.4. The zero-order valence-corrected chi connectivity index (χ0v) is 13.2. The quantitative estimate of drug-likeness (QED) is 0.880. The molecule has 1 unspecified atom stereocenters. The van der Waals surface area contributed by atoms with Crippen LogP contribution in [-0.2, 0) is 4.79 Å². The Balaban J connectivity index is 1.69. The summed E-state index contributed by atoms with van der Waals surface area (Å²) in [5.41, 5.74) is 2.40. The van der Waals surface area contributed by atoms with Gasteiger partial charge < -0.3 is 10.2 Å². The van der Waals surface area contributed by atoms with Gasteiger partial charge >= 0.3 is 0 Å². The number of hydrogen-bond acceptors (Lipinski definition) is 4. The third-order valence-electron chi connectivity index (χ3n) is 4.06. The van der Waals surface area contributed by atoms with Gasteiger partial charge in [0.2, 0.25) is 5.91 Å². The first-order valence-corrected chi connectivity index (χ1v) is 7.87. The van der Waals surface area contributed by atoms with Gasteiger partial charge in [-0.2, -0.15) is 5.26 Å². The molecule has 1 N–H and O–H groups in total. The topological polar surface area (TPSA) is 69.0 Å². The average molecular weight is 318 g/mol. The molecule has 1 aromatic carbocycles. The Kier molecular flexibility index (Phi) is 4.99. The molecule has 0 spiro atoms. The maximum Gasteiger partial charge on any atom is 0.246 e. The minimum Gasteiger partial charge on any atom is -0.336 e. The molecule has 24 heavy (non-hydrogen) atoms. The number of carbonyl (C=O) groups is 1. The highest BCUT2D eigenvalue weighted by molar-refractivity contribution is 5.92. The minimum absolute atomic E-state index is 0.0434. The van der Waals surface area contributed by atoms with Crippen molar-refractivity contribution in [1.82, 2.24) is 15.2 Å². The highest BCUT2D eigenvalue weighted by atomic mass is 16.2. The van der Waals surface area contributed by atoms with Crippen molar-refractivity contribution in [3.05, 3.63) is 71.6 Å². The minimum atomic E-state index is -0.0434. The lowest BCUT2D eigenvalue weighted by Gasteiger charge is -2.33. The predicted octanol–water partition coefficient (Wildman–Crippen LogP) is 2.14. The molecule has 0 radical (unpaired) electrons. The van der Waals surface area contributed by atoms with Crippen LogP contribution in [0.2, 0.25) is 0 Å². The summed E-state index contributed by atoms with van der Waals surface area (Å²) in [5.74, 6) is -0.0434. The molecule has 3 rings (SSSR count). The van der Waals surface area contributed by atoms with Crippen molar-refractivity contribution in [2.75, 3.05) is 19.6 Å². The van der Waals surface area contributed by atoms with E-state index in [2.05, 4.69) is 16.4 Å². The third kappa shape index (κ3) is 3.67. The van der Waals surface area contributed by atoms with Crippen molar-refractivity contribution in [2.45, 2.75) is 6.04 Å². The standard InChI is InChI=1S/C19H18N4O/c20-12-16-5-2-1-4-15(16)7-8-19(24)23-11-10-22-18(14-23)17-6-3-9-21-13-17/h1-9,13,18,22H,10-11,14H2/b8-7+. The smallest absolute Gasteiger partial charge is 0.246 e. The molecule has 5 heteroatoms. The summed E-state index contributed by atoms with van der Waals surface area (Å²) < 4.78 is 0. The van der Waals surface area contributed by atoms with E-state index in [0.29, 0.717) is 18.7 Å². The molecule has 1 saturated heterocycles. The van der Waals surface area contributed by atoms with Crippen LogP contribution >= 0.6 is 0 Å². The number of amides is 1. The summed E-state index contributed by atoms with van der Waals surface area (Å²) in [5, 5.41) is 12.5. The van der Waals surface area contributed by atoms with E-state index in [-0.39, 0.29) is 11.9 Å². The van der Waals surface area contributed by atoms with Crippen LogP contribution in [-0.4, -0.2) is 35.4 Å². The molecule has 0 bridgehead atoms. The number of aromatic nitrogens is 1. The molecule has 0 saturated carbocycles. The molecule has 1 atom stereocenters. The van der Waals surface area contributed by atoms with Gasteiger partial charge in [0.1, 0.15) is 0 Å². The SMILES string of the molecule is N#Cc1ccccc1/C=C/C(=O)N1CCNC(c2cccnc2)C1.